The first-order valence-corrected chi connectivity index (χ1v) is 8.77. The van der Waals surface area contributed by atoms with Crippen LogP contribution in [0, 0.1) is 11.3 Å². The summed E-state index contributed by atoms with van der Waals surface area (Å²) in [6.45, 7) is 7.99. The number of methoxy groups -OCH3 is 1. The molecule has 1 fully saturated rings. The summed E-state index contributed by atoms with van der Waals surface area (Å²) in [5.41, 5.74) is 1.60. The van der Waals surface area contributed by atoms with Crippen LogP contribution in [0.4, 0.5) is 0 Å². The molecule has 1 aliphatic rings. The van der Waals surface area contributed by atoms with Crippen molar-refractivity contribution in [2.24, 2.45) is 11.3 Å². The fraction of sp³-hybridized carbons (Fsp3) is 0.667. The standard InChI is InChI=1S/C18H28BrNO/c1-18(2,3)15-7-5-6-8-16(15)20-12-13-11-14(19)9-10-17(13)21-4/h9-11,15-16,20H,5-8,12H2,1-4H3. The molecule has 0 heterocycles. The van der Waals surface area contributed by atoms with Crippen LogP contribution in [-0.2, 0) is 6.54 Å². The van der Waals surface area contributed by atoms with E-state index in [0.29, 0.717) is 11.5 Å². The van der Waals surface area contributed by atoms with E-state index < -0.39 is 0 Å². The molecule has 0 aliphatic heterocycles. The first kappa shape index (κ1) is 16.8. The Kier molecular flexibility index (Phi) is 5.73. The van der Waals surface area contributed by atoms with Gasteiger partial charge in [0.1, 0.15) is 5.75 Å². The van der Waals surface area contributed by atoms with Gasteiger partial charge < -0.3 is 10.1 Å². The van der Waals surface area contributed by atoms with E-state index in [2.05, 4.69) is 48.1 Å². The lowest BCUT2D eigenvalue weighted by atomic mass is 9.69. The molecule has 2 nitrogen and oxygen atoms in total. The zero-order valence-electron chi connectivity index (χ0n) is 13.7. The monoisotopic (exact) mass is 353 g/mol. The summed E-state index contributed by atoms with van der Waals surface area (Å²) < 4.78 is 6.58. The maximum Gasteiger partial charge on any atom is 0.123 e. The molecule has 2 unspecified atom stereocenters. The number of halogens is 1. The van der Waals surface area contributed by atoms with Crippen LogP contribution < -0.4 is 10.1 Å². The minimum atomic E-state index is 0.374. The van der Waals surface area contributed by atoms with Crippen molar-refractivity contribution in [2.75, 3.05) is 7.11 Å². The van der Waals surface area contributed by atoms with Crippen molar-refractivity contribution < 1.29 is 4.74 Å². The fourth-order valence-corrected chi connectivity index (χ4v) is 3.95. The molecular weight excluding hydrogens is 326 g/mol. The Labute approximate surface area is 137 Å². The van der Waals surface area contributed by atoms with Gasteiger partial charge in [0.15, 0.2) is 0 Å². The zero-order valence-corrected chi connectivity index (χ0v) is 15.3. The summed E-state index contributed by atoms with van der Waals surface area (Å²) in [7, 11) is 1.74. The highest BCUT2D eigenvalue weighted by Crippen LogP contribution is 2.38. The highest BCUT2D eigenvalue weighted by Gasteiger charge is 2.33. The summed E-state index contributed by atoms with van der Waals surface area (Å²) in [5, 5.41) is 3.80. The lowest BCUT2D eigenvalue weighted by Crippen LogP contribution is -2.43. The number of nitrogens with one attached hydrogen (secondary N) is 1. The van der Waals surface area contributed by atoms with Crippen LogP contribution >= 0.6 is 15.9 Å². The predicted molar refractivity (Wildman–Crippen MR) is 92.7 cm³/mol. The smallest absolute Gasteiger partial charge is 0.123 e. The molecule has 1 saturated carbocycles. The Balaban J connectivity index is 2.05. The van der Waals surface area contributed by atoms with Gasteiger partial charge in [-0.25, -0.2) is 0 Å². The SMILES string of the molecule is COc1ccc(Br)cc1CNC1CCCCC1C(C)(C)C. The number of benzene rings is 1. The normalized spacial score (nSPS) is 23.1. The summed E-state index contributed by atoms with van der Waals surface area (Å²) >= 11 is 3.55. The van der Waals surface area contributed by atoms with Crippen molar-refractivity contribution in [3.63, 3.8) is 0 Å². The molecule has 0 radical (unpaired) electrons. The van der Waals surface area contributed by atoms with Crippen LogP contribution in [0.3, 0.4) is 0 Å². The Bertz CT molecular complexity index is 467. The van der Waals surface area contributed by atoms with Gasteiger partial charge in [-0.05, 0) is 42.4 Å². The molecule has 1 aromatic rings. The zero-order chi connectivity index (χ0) is 15.5. The summed E-state index contributed by atoms with van der Waals surface area (Å²) in [4.78, 5) is 0. The predicted octanol–water partition coefficient (Wildman–Crippen LogP) is 5.15. The maximum absolute atomic E-state index is 5.47. The third-order valence-electron chi connectivity index (χ3n) is 4.68. The van der Waals surface area contributed by atoms with Crippen LogP contribution in [0.15, 0.2) is 22.7 Å². The quantitative estimate of drug-likeness (QED) is 0.807. The molecular formula is C18H28BrNO. The number of hydrogen-bond acceptors (Lipinski definition) is 2. The van der Waals surface area contributed by atoms with Gasteiger partial charge in [-0.15, -0.1) is 0 Å². The van der Waals surface area contributed by atoms with Gasteiger partial charge in [-0.3, -0.25) is 0 Å². The van der Waals surface area contributed by atoms with Crippen molar-refractivity contribution in [3.8, 4) is 5.75 Å². The second-order valence-corrected chi connectivity index (χ2v) is 8.12. The first-order valence-electron chi connectivity index (χ1n) is 7.97. The van der Waals surface area contributed by atoms with Gasteiger partial charge in [-0.1, -0.05) is 49.5 Å². The van der Waals surface area contributed by atoms with E-state index in [9.17, 15) is 0 Å². The molecule has 1 aliphatic carbocycles. The number of hydrogen-bond donors (Lipinski definition) is 1. The molecule has 3 heteroatoms. The van der Waals surface area contributed by atoms with E-state index in [1.165, 1.54) is 31.2 Å². The molecule has 118 valence electrons. The Morgan fingerprint density at radius 1 is 1.24 bits per heavy atom. The van der Waals surface area contributed by atoms with Gasteiger partial charge in [0.05, 0.1) is 7.11 Å². The van der Waals surface area contributed by atoms with Gasteiger partial charge >= 0.3 is 0 Å². The van der Waals surface area contributed by atoms with Crippen LogP contribution in [-0.4, -0.2) is 13.2 Å². The summed E-state index contributed by atoms with van der Waals surface area (Å²) in [5.74, 6) is 1.72. The minimum Gasteiger partial charge on any atom is -0.496 e. The number of rotatable bonds is 4. The lowest BCUT2D eigenvalue weighted by Gasteiger charge is -2.41. The highest BCUT2D eigenvalue weighted by molar-refractivity contribution is 9.10. The Morgan fingerprint density at radius 3 is 2.62 bits per heavy atom. The van der Waals surface area contributed by atoms with Crippen molar-refractivity contribution in [3.05, 3.63) is 28.2 Å². The van der Waals surface area contributed by atoms with E-state index in [-0.39, 0.29) is 0 Å². The van der Waals surface area contributed by atoms with Gasteiger partial charge in [0.25, 0.3) is 0 Å². The lowest BCUT2D eigenvalue weighted by molar-refractivity contribution is 0.130. The molecule has 1 aromatic carbocycles. The van der Waals surface area contributed by atoms with Crippen molar-refractivity contribution in [2.45, 2.75) is 59.0 Å². The molecule has 2 atom stereocenters. The second kappa shape index (κ2) is 7.15. The van der Waals surface area contributed by atoms with Crippen LogP contribution in [0.25, 0.3) is 0 Å². The third kappa shape index (κ3) is 4.46. The van der Waals surface area contributed by atoms with E-state index in [0.717, 1.165) is 22.7 Å². The summed E-state index contributed by atoms with van der Waals surface area (Å²) in [6.07, 6.45) is 5.36. The fourth-order valence-electron chi connectivity index (χ4n) is 3.54. The minimum absolute atomic E-state index is 0.374. The molecule has 0 amide bonds. The van der Waals surface area contributed by atoms with Crippen LogP contribution in [0.1, 0.15) is 52.0 Å². The third-order valence-corrected chi connectivity index (χ3v) is 5.17. The molecule has 0 bridgehead atoms. The molecule has 0 spiro atoms. The van der Waals surface area contributed by atoms with E-state index >= 15 is 0 Å². The van der Waals surface area contributed by atoms with Crippen LogP contribution in [0.5, 0.6) is 5.75 Å². The second-order valence-electron chi connectivity index (χ2n) is 7.20. The van der Waals surface area contributed by atoms with E-state index in [1.54, 1.807) is 7.11 Å². The molecule has 0 aromatic heterocycles. The topological polar surface area (TPSA) is 21.3 Å². The Morgan fingerprint density at radius 2 is 1.95 bits per heavy atom. The van der Waals surface area contributed by atoms with Crippen molar-refractivity contribution in [1.82, 2.24) is 5.32 Å². The van der Waals surface area contributed by atoms with E-state index in [1.807, 2.05) is 12.1 Å². The van der Waals surface area contributed by atoms with Crippen molar-refractivity contribution in [1.29, 1.82) is 0 Å². The van der Waals surface area contributed by atoms with Gasteiger partial charge in [-0.2, -0.15) is 0 Å². The largest absolute Gasteiger partial charge is 0.496 e. The molecule has 21 heavy (non-hydrogen) atoms. The average Bonchev–Trinajstić information content (AvgIpc) is 2.44. The van der Waals surface area contributed by atoms with Gasteiger partial charge in [0, 0.05) is 22.6 Å². The maximum atomic E-state index is 5.47. The number of ether oxygens (including phenoxy) is 1. The van der Waals surface area contributed by atoms with E-state index in [4.69, 9.17) is 4.74 Å². The first-order chi connectivity index (χ1) is 9.91. The molecule has 0 saturated heterocycles. The molecule has 2 rings (SSSR count). The summed E-state index contributed by atoms with van der Waals surface area (Å²) in [6, 6.07) is 6.83. The van der Waals surface area contributed by atoms with Gasteiger partial charge in [0.2, 0.25) is 0 Å². The highest BCUT2D eigenvalue weighted by atomic mass is 79.9. The average molecular weight is 354 g/mol. The molecule has 1 N–H and O–H groups in total. The van der Waals surface area contributed by atoms with Crippen molar-refractivity contribution >= 4 is 15.9 Å². The Hall–Kier alpha value is -0.540. The van der Waals surface area contributed by atoms with Crippen LogP contribution in [0.2, 0.25) is 0 Å².